The lowest BCUT2D eigenvalue weighted by molar-refractivity contribution is -0.129. The van der Waals surface area contributed by atoms with Crippen LogP contribution >= 0.6 is 22.7 Å². The molecule has 9 heteroatoms. The summed E-state index contributed by atoms with van der Waals surface area (Å²) in [4.78, 5) is 42.7. The van der Waals surface area contributed by atoms with Gasteiger partial charge in [-0.3, -0.25) is 9.59 Å². The molecule has 26 heavy (non-hydrogen) atoms. The van der Waals surface area contributed by atoms with E-state index >= 15 is 0 Å². The van der Waals surface area contributed by atoms with Crippen LogP contribution in [0.15, 0.2) is 28.6 Å². The van der Waals surface area contributed by atoms with Gasteiger partial charge in [0.25, 0.3) is 11.5 Å². The van der Waals surface area contributed by atoms with E-state index in [2.05, 4.69) is 10.3 Å². The maximum atomic E-state index is 12.5. The first-order chi connectivity index (χ1) is 12.4. The van der Waals surface area contributed by atoms with E-state index in [9.17, 15) is 14.4 Å². The van der Waals surface area contributed by atoms with Gasteiger partial charge in [0.1, 0.15) is 9.71 Å². The second-order valence-electron chi connectivity index (χ2n) is 5.74. The number of nitrogens with one attached hydrogen (secondary N) is 1. The number of ether oxygens (including phenoxy) is 1. The fourth-order valence-electron chi connectivity index (χ4n) is 2.40. The van der Waals surface area contributed by atoms with Gasteiger partial charge >= 0.3 is 5.97 Å². The quantitative estimate of drug-likeness (QED) is 0.674. The molecule has 3 heterocycles. The Labute approximate surface area is 157 Å². The molecule has 0 aliphatic rings. The lowest BCUT2D eigenvalue weighted by Crippen LogP contribution is -2.35. The average Bonchev–Trinajstić information content (AvgIpc) is 3.24. The summed E-state index contributed by atoms with van der Waals surface area (Å²) in [5, 5.41) is 5.06. The van der Waals surface area contributed by atoms with Gasteiger partial charge in [0.2, 0.25) is 0 Å². The Morgan fingerprint density at radius 3 is 2.88 bits per heavy atom. The molecule has 0 aromatic carbocycles. The highest BCUT2D eigenvalue weighted by Gasteiger charge is 2.24. The van der Waals surface area contributed by atoms with Crippen LogP contribution < -0.4 is 10.9 Å². The van der Waals surface area contributed by atoms with Crippen molar-refractivity contribution in [1.29, 1.82) is 0 Å². The third-order valence-electron chi connectivity index (χ3n) is 3.87. The van der Waals surface area contributed by atoms with Crippen molar-refractivity contribution < 1.29 is 14.3 Å². The van der Waals surface area contributed by atoms with Gasteiger partial charge in [-0.25, -0.2) is 9.78 Å². The number of hydrogen-bond donors (Lipinski definition) is 1. The van der Waals surface area contributed by atoms with Crippen LogP contribution in [0.4, 0.5) is 0 Å². The molecule has 0 radical (unpaired) electrons. The zero-order valence-corrected chi connectivity index (χ0v) is 16.1. The van der Waals surface area contributed by atoms with E-state index in [0.29, 0.717) is 22.3 Å². The number of aromatic nitrogens is 2. The first-order valence-corrected chi connectivity index (χ1v) is 9.54. The Morgan fingerprint density at radius 2 is 2.19 bits per heavy atom. The Bertz CT molecular complexity index is 1020. The molecule has 1 N–H and O–H groups in total. The normalized spacial score (nSPS) is 12.1. The molecule has 3 rings (SSSR count). The van der Waals surface area contributed by atoms with Gasteiger partial charge in [0.05, 0.1) is 18.3 Å². The fourth-order valence-corrected chi connectivity index (χ4v) is 4.07. The molecule has 0 fully saturated rings. The topological polar surface area (TPSA) is 90.3 Å². The molecule has 0 spiro atoms. The van der Waals surface area contributed by atoms with Crippen molar-refractivity contribution in [3.05, 3.63) is 49.5 Å². The molecule has 1 atom stereocenters. The standard InChI is InChI=1S/C17H17N3O4S2/c1-9-12-15(19-8-20(3)16(12)22)26-13(9)17(23)24-10(2)14(21)18-7-11-5-4-6-25-11/h4-6,8,10H,7H2,1-3H3,(H,18,21). The number of esters is 1. The summed E-state index contributed by atoms with van der Waals surface area (Å²) in [6, 6.07) is 3.81. The maximum Gasteiger partial charge on any atom is 0.349 e. The lowest BCUT2D eigenvalue weighted by Gasteiger charge is -2.12. The van der Waals surface area contributed by atoms with Crippen molar-refractivity contribution in [1.82, 2.24) is 14.9 Å². The van der Waals surface area contributed by atoms with Crippen molar-refractivity contribution in [3.63, 3.8) is 0 Å². The SMILES string of the molecule is Cc1c(C(=O)OC(C)C(=O)NCc2cccs2)sc2ncn(C)c(=O)c12. The summed E-state index contributed by atoms with van der Waals surface area (Å²) in [6.45, 7) is 3.59. The number of hydrogen-bond acceptors (Lipinski definition) is 7. The number of nitrogens with zero attached hydrogens (tertiary/aromatic N) is 2. The van der Waals surface area contributed by atoms with Crippen LogP contribution in [0, 0.1) is 6.92 Å². The molecule has 1 amide bonds. The maximum absolute atomic E-state index is 12.5. The molecule has 0 saturated carbocycles. The highest BCUT2D eigenvalue weighted by molar-refractivity contribution is 7.20. The number of amides is 1. The Hall–Kier alpha value is -2.52. The second-order valence-corrected chi connectivity index (χ2v) is 7.77. The highest BCUT2D eigenvalue weighted by atomic mass is 32.1. The van der Waals surface area contributed by atoms with E-state index in [4.69, 9.17) is 4.74 Å². The van der Waals surface area contributed by atoms with E-state index < -0.39 is 12.1 Å². The molecule has 1 unspecified atom stereocenters. The molecule has 7 nitrogen and oxygen atoms in total. The van der Waals surface area contributed by atoms with Crippen molar-refractivity contribution in [2.75, 3.05) is 0 Å². The van der Waals surface area contributed by atoms with Crippen LogP contribution in [-0.4, -0.2) is 27.5 Å². The Balaban J connectivity index is 1.72. The minimum atomic E-state index is -0.942. The van der Waals surface area contributed by atoms with Gasteiger partial charge in [0, 0.05) is 11.9 Å². The molecule has 3 aromatic heterocycles. The van der Waals surface area contributed by atoms with E-state index in [1.165, 1.54) is 29.2 Å². The van der Waals surface area contributed by atoms with Gasteiger partial charge in [-0.2, -0.15) is 0 Å². The minimum absolute atomic E-state index is 0.218. The van der Waals surface area contributed by atoms with Gasteiger partial charge in [-0.1, -0.05) is 6.07 Å². The number of fused-ring (bicyclic) bond motifs is 1. The zero-order chi connectivity index (χ0) is 18.8. The summed E-state index contributed by atoms with van der Waals surface area (Å²) in [6.07, 6.45) is 0.471. The second kappa shape index (κ2) is 7.38. The fraction of sp³-hybridized carbons (Fsp3) is 0.294. The third kappa shape index (κ3) is 3.54. The first-order valence-electron chi connectivity index (χ1n) is 7.84. The van der Waals surface area contributed by atoms with Gasteiger partial charge in [-0.15, -0.1) is 22.7 Å². The van der Waals surface area contributed by atoms with Crippen molar-refractivity contribution in [2.24, 2.45) is 7.05 Å². The van der Waals surface area contributed by atoms with Gasteiger partial charge < -0.3 is 14.6 Å². The predicted molar refractivity (Wildman–Crippen MR) is 101 cm³/mol. The van der Waals surface area contributed by atoms with E-state index in [-0.39, 0.29) is 16.3 Å². The summed E-state index contributed by atoms with van der Waals surface area (Å²) in [5.41, 5.74) is 0.305. The van der Waals surface area contributed by atoms with E-state index in [0.717, 1.165) is 16.2 Å². The predicted octanol–water partition coefficient (Wildman–Crippen LogP) is 2.23. The minimum Gasteiger partial charge on any atom is -0.448 e. The van der Waals surface area contributed by atoms with E-state index in [1.807, 2.05) is 17.5 Å². The highest BCUT2D eigenvalue weighted by Crippen LogP contribution is 2.27. The van der Waals surface area contributed by atoms with Crippen LogP contribution in [0.1, 0.15) is 27.0 Å². The van der Waals surface area contributed by atoms with Crippen molar-refractivity contribution in [3.8, 4) is 0 Å². The van der Waals surface area contributed by atoms with Crippen LogP contribution in [0.2, 0.25) is 0 Å². The van der Waals surface area contributed by atoms with Gasteiger partial charge in [0.15, 0.2) is 6.10 Å². The summed E-state index contributed by atoms with van der Waals surface area (Å²) in [7, 11) is 1.60. The first kappa shape index (κ1) is 18.3. The number of carbonyl (C=O) groups excluding carboxylic acids is 2. The molecular weight excluding hydrogens is 374 g/mol. The molecular formula is C17H17N3O4S2. The smallest absolute Gasteiger partial charge is 0.349 e. The monoisotopic (exact) mass is 391 g/mol. The number of rotatable bonds is 5. The number of carbonyl (C=O) groups is 2. The number of thiophene rings is 2. The molecule has 0 aliphatic heterocycles. The molecule has 0 bridgehead atoms. The van der Waals surface area contributed by atoms with Crippen LogP contribution in [0.25, 0.3) is 10.2 Å². The summed E-state index contributed by atoms with van der Waals surface area (Å²) >= 11 is 2.63. The van der Waals surface area contributed by atoms with Crippen LogP contribution in [0.3, 0.4) is 0 Å². The number of aryl methyl sites for hydroxylation is 2. The average molecular weight is 391 g/mol. The summed E-state index contributed by atoms with van der Waals surface area (Å²) in [5.74, 6) is -1.01. The summed E-state index contributed by atoms with van der Waals surface area (Å²) < 4.78 is 6.63. The largest absolute Gasteiger partial charge is 0.448 e. The third-order valence-corrected chi connectivity index (χ3v) is 5.92. The van der Waals surface area contributed by atoms with Gasteiger partial charge in [-0.05, 0) is 30.9 Å². The zero-order valence-electron chi connectivity index (χ0n) is 14.4. The Morgan fingerprint density at radius 1 is 1.42 bits per heavy atom. The molecule has 0 aliphatic carbocycles. The van der Waals surface area contributed by atoms with E-state index in [1.54, 1.807) is 14.0 Å². The Kier molecular flexibility index (Phi) is 5.19. The van der Waals surface area contributed by atoms with Crippen LogP contribution in [0.5, 0.6) is 0 Å². The van der Waals surface area contributed by atoms with Crippen molar-refractivity contribution in [2.45, 2.75) is 26.5 Å². The molecule has 136 valence electrons. The van der Waals surface area contributed by atoms with Crippen LogP contribution in [-0.2, 0) is 23.1 Å². The molecule has 0 saturated heterocycles. The van der Waals surface area contributed by atoms with Crippen molar-refractivity contribution >= 4 is 44.8 Å². The lowest BCUT2D eigenvalue weighted by atomic mass is 10.2. The molecule has 3 aromatic rings.